The van der Waals surface area contributed by atoms with E-state index >= 15 is 0 Å². The zero-order chi connectivity index (χ0) is 33.5. The van der Waals surface area contributed by atoms with E-state index < -0.39 is 21.7 Å². The number of aromatic nitrogens is 2. The number of halogens is 1. The summed E-state index contributed by atoms with van der Waals surface area (Å²) in [6.07, 6.45) is 13.5. The number of hydrogen-bond donors (Lipinski definition) is 1. The van der Waals surface area contributed by atoms with Gasteiger partial charge in [0.15, 0.2) is 0 Å². The SMILES string of the molecule is CO[C@H]1/C=C/CCCS(=O)(NC(=O)CCn2cccn2)=NC(=O)c2ccc3c(c2)N(Cc2ccc(Cl)cc2CCCCO3)C[C@@H]2CC[C@H]21. The van der Waals surface area contributed by atoms with Crippen LogP contribution in [0.2, 0.25) is 5.02 Å². The van der Waals surface area contributed by atoms with Gasteiger partial charge in [-0.1, -0.05) is 29.8 Å². The molecule has 10 nitrogen and oxygen atoms in total. The van der Waals surface area contributed by atoms with Crippen LogP contribution < -0.4 is 14.4 Å². The first-order valence-electron chi connectivity index (χ1n) is 16.9. The number of amides is 2. The van der Waals surface area contributed by atoms with E-state index in [4.69, 9.17) is 21.1 Å². The van der Waals surface area contributed by atoms with Gasteiger partial charge < -0.3 is 14.4 Å². The van der Waals surface area contributed by atoms with E-state index in [0.717, 1.165) is 44.3 Å². The van der Waals surface area contributed by atoms with Crippen molar-refractivity contribution in [3.05, 3.63) is 88.7 Å². The van der Waals surface area contributed by atoms with Crippen molar-refractivity contribution in [2.24, 2.45) is 16.2 Å². The number of nitrogens with zero attached hydrogens (tertiary/aromatic N) is 4. The molecule has 256 valence electrons. The van der Waals surface area contributed by atoms with Gasteiger partial charge in [-0.3, -0.25) is 19.0 Å². The van der Waals surface area contributed by atoms with Crippen LogP contribution in [-0.2, 0) is 39.0 Å². The molecule has 0 saturated heterocycles. The molecule has 48 heavy (non-hydrogen) atoms. The second kappa shape index (κ2) is 15.7. The van der Waals surface area contributed by atoms with Crippen molar-refractivity contribution in [2.75, 3.05) is 30.9 Å². The van der Waals surface area contributed by atoms with E-state index in [1.54, 1.807) is 42.4 Å². The molecule has 2 bridgehead atoms. The standard InChI is InChI=1S/C36H44ClN5O5S/c1-46-33-9-3-2-6-21-48(45,39-35(43)16-19-42-18-7-17-38-42)40-36(44)27-12-15-34-32(23-27)41(25-29-11-14-31(29)33)24-28-10-13-30(37)22-26(28)8-4-5-20-47-34/h3,7,9-10,12-13,15,17-18,22-23,29,31,33H,2,4-6,8,11,14,16,19-21,24-25H2,1H3,(H,39,40,43,44,45)/b9-3+/t29-,31+,33-,48?/m0/s1. The second-order valence-electron chi connectivity index (χ2n) is 12.8. The average Bonchev–Trinajstić information content (AvgIpc) is 3.57. The Hall–Kier alpha value is -3.67. The van der Waals surface area contributed by atoms with Gasteiger partial charge in [0, 0.05) is 56.1 Å². The highest BCUT2D eigenvalue weighted by Crippen LogP contribution is 2.42. The molecule has 2 aromatic carbocycles. The van der Waals surface area contributed by atoms with Crippen molar-refractivity contribution in [1.29, 1.82) is 0 Å². The summed E-state index contributed by atoms with van der Waals surface area (Å²) < 4.78 is 34.9. The van der Waals surface area contributed by atoms with Crippen molar-refractivity contribution >= 4 is 39.0 Å². The van der Waals surface area contributed by atoms with Crippen molar-refractivity contribution in [1.82, 2.24) is 14.5 Å². The Labute approximate surface area is 288 Å². The molecule has 0 radical (unpaired) electrons. The lowest BCUT2D eigenvalue weighted by atomic mass is 9.70. The second-order valence-corrected chi connectivity index (χ2v) is 15.4. The van der Waals surface area contributed by atoms with E-state index in [1.807, 2.05) is 12.1 Å². The highest BCUT2D eigenvalue weighted by Gasteiger charge is 2.38. The first-order valence-corrected chi connectivity index (χ1v) is 18.9. The quantitative estimate of drug-likeness (QED) is 0.309. The Balaban J connectivity index is 1.39. The van der Waals surface area contributed by atoms with Crippen molar-refractivity contribution in [3.63, 3.8) is 0 Å². The lowest BCUT2D eigenvalue weighted by Gasteiger charge is -2.43. The summed E-state index contributed by atoms with van der Waals surface area (Å²) in [5, 5.41) is 4.84. The molecule has 3 aliphatic rings. The molecule has 1 aliphatic carbocycles. The smallest absolute Gasteiger partial charge is 0.286 e. The number of carbonyl (C=O) groups is 2. The zero-order valence-corrected chi connectivity index (χ0v) is 29.0. The molecular formula is C36H44ClN5O5S. The topological polar surface area (TPSA) is 115 Å². The van der Waals surface area contributed by atoms with Crippen LogP contribution in [-0.4, -0.2) is 57.9 Å². The number of nitrogens with one attached hydrogen (secondary N) is 1. The van der Waals surface area contributed by atoms with Gasteiger partial charge in [0.1, 0.15) is 15.7 Å². The van der Waals surface area contributed by atoms with Crippen molar-refractivity contribution < 1.29 is 23.3 Å². The van der Waals surface area contributed by atoms with Crippen LogP contribution in [0.3, 0.4) is 0 Å². The number of fused-ring (bicyclic) bond motifs is 3. The van der Waals surface area contributed by atoms with Gasteiger partial charge in [-0.05, 0) is 104 Å². The van der Waals surface area contributed by atoms with Gasteiger partial charge in [-0.15, -0.1) is 4.36 Å². The van der Waals surface area contributed by atoms with E-state index in [9.17, 15) is 13.8 Å². The number of benzene rings is 2. The maximum atomic E-state index is 14.2. The fourth-order valence-corrected chi connectivity index (χ4v) is 8.62. The van der Waals surface area contributed by atoms with E-state index in [-0.39, 0.29) is 18.3 Å². The van der Waals surface area contributed by atoms with Gasteiger partial charge >= 0.3 is 0 Å². The molecule has 12 heteroatoms. The Morgan fingerprint density at radius 1 is 1.15 bits per heavy atom. The van der Waals surface area contributed by atoms with Crippen LogP contribution in [0.5, 0.6) is 5.75 Å². The van der Waals surface area contributed by atoms with E-state index in [1.165, 1.54) is 11.1 Å². The van der Waals surface area contributed by atoms with Crippen LogP contribution in [0.25, 0.3) is 0 Å². The van der Waals surface area contributed by atoms with E-state index in [2.05, 4.69) is 43.4 Å². The summed E-state index contributed by atoms with van der Waals surface area (Å²) in [6, 6.07) is 13.2. The Kier molecular flexibility index (Phi) is 11.2. The third-order valence-electron chi connectivity index (χ3n) is 9.55. The Bertz CT molecular complexity index is 1750. The van der Waals surface area contributed by atoms with Crippen molar-refractivity contribution in [2.45, 2.75) is 70.6 Å². The third-order valence-corrected chi connectivity index (χ3v) is 11.6. The number of carbonyl (C=O) groups excluding carboxylic acids is 2. The molecule has 3 aromatic rings. The minimum atomic E-state index is -3.42. The van der Waals surface area contributed by atoms with Crippen LogP contribution in [0, 0.1) is 11.8 Å². The molecule has 6 rings (SSSR count). The highest BCUT2D eigenvalue weighted by atomic mass is 35.5. The van der Waals surface area contributed by atoms with Crippen LogP contribution in [0.4, 0.5) is 5.69 Å². The predicted octanol–water partition coefficient (Wildman–Crippen LogP) is 6.38. The zero-order valence-electron chi connectivity index (χ0n) is 27.4. The number of hydrogen-bond acceptors (Lipinski definition) is 7. The molecule has 1 N–H and O–H groups in total. The number of anilines is 1. The summed E-state index contributed by atoms with van der Waals surface area (Å²) in [6.45, 7) is 2.21. The van der Waals surface area contributed by atoms with Crippen LogP contribution in [0.15, 0.2) is 71.4 Å². The largest absolute Gasteiger partial charge is 0.491 e. The molecular weight excluding hydrogens is 650 g/mol. The van der Waals surface area contributed by atoms with Gasteiger partial charge in [0.2, 0.25) is 5.91 Å². The lowest BCUT2D eigenvalue weighted by molar-refractivity contribution is -0.119. The minimum Gasteiger partial charge on any atom is -0.491 e. The number of aryl methyl sites for hydroxylation is 2. The monoisotopic (exact) mass is 693 g/mol. The highest BCUT2D eigenvalue weighted by molar-refractivity contribution is 7.92. The Morgan fingerprint density at radius 2 is 2.04 bits per heavy atom. The molecule has 3 heterocycles. The molecule has 1 unspecified atom stereocenters. The normalized spacial score (nSPS) is 25.6. The van der Waals surface area contributed by atoms with Crippen molar-refractivity contribution in [3.8, 4) is 5.75 Å². The third kappa shape index (κ3) is 8.48. The first kappa shape index (κ1) is 34.2. The average molecular weight is 694 g/mol. The van der Waals surface area contributed by atoms with Gasteiger partial charge in [-0.25, -0.2) is 4.21 Å². The number of methoxy groups -OCH3 is 1. The number of rotatable bonds is 5. The Morgan fingerprint density at radius 3 is 2.83 bits per heavy atom. The fourth-order valence-electron chi connectivity index (χ4n) is 6.80. The summed E-state index contributed by atoms with van der Waals surface area (Å²) in [4.78, 5) is 29.1. The van der Waals surface area contributed by atoms with Crippen LogP contribution in [0.1, 0.15) is 66.4 Å². The minimum absolute atomic E-state index is 0.0415. The maximum absolute atomic E-state index is 14.2. The molecule has 2 amide bonds. The molecule has 1 saturated carbocycles. The number of ether oxygens (including phenoxy) is 2. The predicted molar refractivity (Wildman–Crippen MR) is 188 cm³/mol. The van der Waals surface area contributed by atoms with Gasteiger partial charge in [0.05, 0.1) is 24.2 Å². The summed E-state index contributed by atoms with van der Waals surface area (Å²) in [5.41, 5.74) is 3.48. The van der Waals surface area contributed by atoms with Crippen LogP contribution >= 0.6 is 11.6 Å². The fraction of sp³-hybridized carbons (Fsp3) is 0.472. The molecule has 4 atom stereocenters. The lowest BCUT2D eigenvalue weighted by Crippen LogP contribution is -2.43. The molecule has 2 aliphatic heterocycles. The molecule has 0 spiro atoms. The summed E-state index contributed by atoms with van der Waals surface area (Å²) in [5.74, 6) is 0.356. The van der Waals surface area contributed by atoms with E-state index in [0.29, 0.717) is 60.7 Å². The maximum Gasteiger partial charge on any atom is 0.286 e. The van der Waals surface area contributed by atoms with Gasteiger partial charge in [-0.2, -0.15) is 5.10 Å². The summed E-state index contributed by atoms with van der Waals surface area (Å²) >= 11 is 6.45. The molecule has 1 aromatic heterocycles. The molecule has 1 fully saturated rings. The first-order chi connectivity index (χ1) is 23.3. The van der Waals surface area contributed by atoms with Gasteiger partial charge in [0.25, 0.3) is 5.91 Å². The summed E-state index contributed by atoms with van der Waals surface area (Å²) in [7, 11) is -1.67. The number of allylic oxidation sites excluding steroid dienone is 1.